The lowest BCUT2D eigenvalue weighted by atomic mass is 10.2. The molecule has 2 rings (SSSR count). The van der Waals surface area contributed by atoms with Crippen molar-refractivity contribution >= 4 is 21.8 Å². The van der Waals surface area contributed by atoms with Gasteiger partial charge in [-0.05, 0) is 36.4 Å². The number of nitrogens with two attached hydrogens (primary N) is 1. The monoisotopic (exact) mass is 409 g/mol. The first-order valence-electron chi connectivity index (χ1n) is 7.74. The number of hydrogen-bond donors (Lipinski definition) is 3. The Balaban J connectivity index is 2.19. The van der Waals surface area contributed by atoms with Crippen LogP contribution in [-0.2, 0) is 10.0 Å². The minimum Gasteiger partial charge on any atom is -0.496 e. The molecule has 11 heteroatoms. The lowest BCUT2D eigenvalue weighted by Crippen LogP contribution is -2.41. The highest BCUT2D eigenvalue weighted by Crippen LogP contribution is 2.27. The number of methoxy groups -OCH3 is 3. The van der Waals surface area contributed by atoms with Gasteiger partial charge >= 0.3 is 0 Å². The fourth-order valence-corrected chi connectivity index (χ4v) is 2.81. The van der Waals surface area contributed by atoms with Crippen molar-refractivity contribution in [3.63, 3.8) is 0 Å². The Labute approximate surface area is 161 Å². The standard InChI is InChI=1S/C17H19N3O7S/c1-25-13-7-5-11(28(18,23)24)9-12(13)17(22)20-19-16(21)10-4-6-14(26-2)15(8-10)27-3/h4-9H,1-3H3,(H,19,21)(H,20,22)(H2,18,23,24). The number of hydrogen-bond acceptors (Lipinski definition) is 7. The molecule has 0 saturated carbocycles. The van der Waals surface area contributed by atoms with Crippen molar-refractivity contribution in [2.24, 2.45) is 5.14 Å². The molecule has 0 atom stereocenters. The number of carbonyl (C=O) groups excluding carboxylic acids is 2. The zero-order valence-corrected chi connectivity index (χ0v) is 16.1. The highest BCUT2D eigenvalue weighted by atomic mass is 32.2. The molecule has 0 unspecified atom stereocenters. The van der Waals surface area contributed by atoms with E-state index in [4.69, 9.17) is 19.3 Å². The van der Waals surface area contributed by atoms with Gasteiger partial charge in [0.05, 0.1) is 31.8 Å². The molecule has 0 aromatic heterocycles. The SMILES string of the molecule is COc1ccc(C(=O)NNC(=O)c2cc(S(N)(=O)=O)ccc2OC)cc1OC. The van der Waals surface area contributed by atoms with Gasteiger partial charge in [-0.3, -0.25) is 20.4 Å². The molecule has 28 heavy (non-hydrogen) atoms. The van der Waals surface area contributed by atoms with Gasteiger partial charge in [-0.15, -0.1) is 0 Å². The van der Waals surface area contributed by atoms with E-state index >= 15 is 0 Å². The predicted molar refractivity (Wildman–Crippen MR) is 98.8 cm³/mol. The zero-order valence-electron chi connectivity index (χ0n) is 15.3. The van der Waals surface area contributed by atoms with E-state index < -0.39 is 21.8 Å². The zero-order chi connectivity index (χ0) is 20.9. The van der Waals surface area contributed by atoms with Crippen molar-refractivity contribution in [1.82, 2.24) is 10.9 Å². The Hall–Kier alpha value is -3.31. The van der Waals surface area contributed by atoms with Crippen LogP contribution >= 0.6 is 0 Å². The van der Waals surface area contributed by atoms with E-state index in [9.17, 15) is 18.0 Å². The number of rotatable bonds is 6. The molecular formula is C17H19N3O7S. The second kappa shape index (κ2) is 8.59. The molecule has 0 spiro atoms. The van der Waals surface area contributed by atoms with Gasteiger partial charge in [-0.25, -0.2) is 13.6 Å². The third kappa shape index (κ3) is 4.69. The van der Waals surface area contributed by atoms with Gasteiger partial charge in [0.2, 0.25) is 10.0 Å². The van der Waals surface area contributed by atoms with Crippen molar-refractivity contribution in [2.45, 2.75) is 4.90 Å². The molecule has 0 aliphatic carbocycles. The van der Waals surface area contributed by atoms with E-state index in [1.54, 1.807) is 0 Å². The van der Waals surface area contributed by atoms with Crippen LogP contribution in [0.25, 0.3) is 0 Å². The summed E-state index contributed by atoms with van der Waals surface area (Å²) in [6.45, 7) is 0. The summed E-state index contributed by atoms with van der Waals surface area (Å²) >= 11 is 0. The summed E-state index contributed by atoms with van der Waals surface area (Å²) in [5, 5.41) is 5.07. The van der Waals surface area contributed by atoms with Crippen LogP contribution in [0.2, 0.25) is 0 Å². The molecule has 0 radical (unpaired) electrons. The summed E-state index contributed by atoms with van der Waals surface area (Å²) in [7, 11) is 0.171. The molecule has 2 amide bonds. The maximum absolute atomic E-state index is 12.4. The van der Waals surface area contributed by atoms with E-state index in [-0.39, 0.29) is 21.8 Å². The van der Waals surface area contributed by atoms with E-state index in [0.717, 1.165) is 6.07 Å². The molecule has 4 N–H and O–H groups in total. The molecule has 2 aromatic carbocycles. The first-order chi connectivity index (χ1) is 13.2. The average molecular weight is 409 g/mol. The first kappa shape index (κ1) is 21.0. The van der Waals surface area contributed by atoms with Crippen LogP contribution in [0.15, 0.2) is 41.3 Å². The number of nitrogens with one attached hydrogen (secondary N) is 2. The lowest BCUT2D eigenvalue weighted by molar-refractivity contribution is 0.0844. The lowest BCUT2D eigenvalue weighted by Gasteiger charge is -2.12. The van der Waals surface area contributed by atoms with Gasteiger partial charge in [-0.1, -0.05) is 0 Å². The van der Waals surface area contributed by atoms with Crippen LogP contribution in [0.3, 0.4) is 0 Å². The summed E-state index contributed by atoms with van der Waals surface area (Å²) in [4.78, 5) is 24.4. The highest BCUT2D eigenvalue weighted by Gasteiger charge is 2.18. The molecule has 10 nitrogen and oxygen atoms in total. The van der Waals surface area contributed by atoms with Crippen LogP contribution in [-0.4, -0.2) is 41.6 Å². The molecule has 0 saturated heterocycles. The fraction of sp³-hybridized carbons (Fsp3) is 0.176. The maximum atomic E-state index is 12.4. The molecule has 0 aliphatic heterocycles. The van der Waals surface area contributed by atoms with Crippen LogP contribution in [0.5, 0.6) is 17.2 Å². The van der Waals surface area contributed by atoms with Crippen LogP contribution in [0.4, 0.5) is 0 Å². The van der Waals surface area contributed by atoms with Gasteiger partial charge in [0.1, 0.15) is 5.75 Å². The van der Waals surface area contributed by atoms with Crippen LogP contribution < -0.4 is 30.2 Å². The molecular weight excluding hydrogens is 390 g/mol. The summed E-state index contributed by atoms with van der Waals surface area (Å²) in [6.07, 6.45) is 0. The van der Waals surface area contributed by atoms with Gasteiger partial charge in [0.25, 0.3) is 11.8 Å². The fourth-order valence-electron chi connectivity index (χ4n) is 2.27. The van der Waals surface area contributed by atoms with E-state index in [1.807, 2.05) is 0 Å². The minimum absolute atomic E-state index is 0.102. The Kier molecular flexibility index (Phi) is 6.44. The summed E-state index contributed by atoms with van der Waals surface area (Å²) in [6, 6.07) is 7.98. The van der Waals surface area contributed by atoms with Crippen LogP contribution in [0.1, 0.15) is 20.7 Å². The Morgan fingerprint density at radius 2 is 1.39 bits per heavy atom. The Morgan fingerprint density at radius 3 is 1.96 bits per heavy atom. The number of ether oxygens (including phenoxy) is 3. The highest BCUT2D eigenvalue weighted by molar-refractivity contribution is 7.89. The Morgan fingerprint density at radius 1 is 0.821 bits per heavy atom. The predicted octanol–water partition coefficient (Wildman–Crippen LogP) is 0.435. The molecule has 0 aliphatic rings. The van der Waals surface area contributed by atoms with Crippen molar-refractivity contribution in [2.75, 3.05) is 21.3 Å². The number of carbonyl (C=O) groups is 2. The third-order valence-corrected chi connectivity index (χ3v) is 4.59. The smallest absolute Gasteiger partial charge is 0.273 e. The van der Waals surface area contributed by atoms with E-state index in [1.165, 1.54) is 51.7 Å². The Bertz CT molecular complexity index is 1010. The number of hydrazine groups is 1. The van der Waals surface area contributed by atoms with Crippen LogP contribution in [0, 0.1) is 0 Å². The van der Waals surface area contributed by atoms with Gasteiger partial charge in [0, 0.05) is 5.56 Å². The van der Waals surface area contributed by atoms with E-state index in [2.05, 4.69) is 10.9 Å². The average Bonchev–Trinajstić information content (AvgIpc) is 2.69. The second-order valence-corrected chi connectivity index (χ2v) is 6.95. The molecule has 150 valence electrons. The van der Waals surface area contributed by atoms with Gasteiger partial charge in [0.15, 0.2) is 11.5 Å². The summed E-state index contributed by atoms with van der Waals surface area (Å²) in [5.41, 5.74) is 4.49. The van der Waals surface area contributed by atoms with E-state index in [0.29, 0.717) is 11.5 Å². The van der Waals surface area contributed by atoms with Gasteiger partial charge in [-0.2, -0.15) is 0 Å². The topological polar surface area (TPSA) is 146 Å². The largest absolute Gasteiger partial charge is 0.496 e. The number of benzene rings is 2. The normalized spacial score (nSPS) is 10.7. The number of amides is 2. The van der Waals surface area contributed by atoms with Crippen molar-refractivity contribution in [3.05, 3.63) is 47.5 Å². The van der Waals surface area contributed by atoms with Gasteiger partial charge < -0.3 is 14.2 Å². The number of primary sulfonamides is 1. The molecule has 0 bridgehead atoms. The first-order valence-corrected chi connectivity index (χ1v) is 9.29. The minimum atomic E-state index is -4.02. The summed E-state index contributed by atoms with van der Waals surface area (Å²) < 4.78 is 38.2. The second-order valence-electron chi connectivity index (χ2n) is 5.39. The molecule has 0 fully saturated rings. The van der Waals surface area contributed by atoms with Crippen molar-refractivity contribution < 1.29 is 32.2 Å². The molecule has 0 heterocycles. The summed E-state index contributed by atoms with van der Waals surface area (Å²) in [5.74, 6) is -0.547. The number of sulfonamides is 1. The molecule has 2 aromatic rings. The quantitative estimate of drug-likeness (QED) is 0.587. The third-order valence-electron chi connectivity index (χ3n) is 3.68. The van der Waals surface area contributed by atoms with Crippen molar-refractivity contribution in [3.8, 4) is 17.2 Å². The van der Waals surface area contributed by atoms with Crippen molar-refractivity contribution in [1.29, 1.82) is 0 Å². The maximum Gasteiger partial charge on any atom is 0.273 e.